The number of quaternary nitrogens is 1. The second kappa shape index (κ2) is 32.6. The molecule has 0 aromatic carbocycles. The molecule has 0 aliphatic rings. The number of nitrogens with zero attached hydrogens (tertiary/aromatic N) is 1. The fraction of sp³-hybridized carbons (Fsp3) is 0.900. The Balaban J connectivity index is 4.20. The van der Waals surface area contributed by atoms with E-state index in [0.717, 1.165) is 38.8 Å². The van der Waals surface area contributed by atoms with Gasteiger partial charge < -0.3 is 19.1 Å². The minimum atomic E-state index is -0.991. The van der Waals surface area contributed by atoms with E-state index in [2.05, 4.69) is 40.1 Å². The maximum Gasteiger partial charge on any atom is 0.306 e. The van der Waals surface area contributed by atoms with Crippen LogP contribution in [-0.2, 0) is 14.3 Å². The number of rotatable bonds is 35. The molecule has 0 aliphatic carbocycles. The summed E-state index contributed by atoms with van der Waals surface area (Å²) in [6, 6.07) is 0. The molecule has 0 N–H and O–H groups in total. The first-order valence-electron chi connectivity index (χ1n) is 19.7. The monoisotopic (exact) mass is 636 g/mol. The highest BCUT2D eigenvalue weighted by Gasteiger charge is 2.24. The van der Waals surface area contributed by atoms with E-state index >= 15 is 0 Å². The average Bonchev–Trinajstić information content (AvgIpc) is 2.99. The van der Waals surface area contributed by atoms with Crippen LogP contribution in [0.2, 0.25) is 0 Å². The molecule has 0 heterocycles. The summed E-state index contributed by atoms with van der Waals surface area (Å²) < 4.78 is 6.70. The van der Waals surface area contributed by atoms with E-state index in [1.165, 1.54) is 141 Å². The zero-order valence-electron chi connectivity index (χ0n) is 30.7. The molecule has 266 valence electrons. The molecule has 5 heteroatoms. The third-order valence-corrected chi connectivity index (χ3v) is 9.16. The molecule has 0 fully saturated rings. The van der Waals surface area contributed by atoms with Crippen molar-refractivity contribution in [3.05, 3.63) is 12.2 Å². The van der Waals surface area contributed by atoms with Gasteiger partial charge in [0, 0.05) is 18.8 Å². The molecule has 0 saturated carbocycles. The third kappa shape index (κ3) is 33.8. The first-order chi connectivity index (χ1) is 21.8. The van der Waals surface area contributed by atoms with Gasteiger partial charge in [-0.3, -0.25) is 4.79 Å². The van der Waals surface area contributed by atoms with Crippen molar-refractivity contribution in [1.29, 1.82) is 0 Å². The van der Waals surface area contributed by atoms with Crippen LogP contribution >= 0.6 is 0 Å². The van der Waals surface area contributed by atoms with Crippen molar-refractivity contribution < 1.29 is 23.9 Å². The Bertz CT molecular complexity index is 690. The Hall–Kier alpha value is -1.36. The number of likely N-dealkylation sites (N-methyl/N-ethyl adjacent to an activating group) is 1. The fourth-order valence-electron chi connectivity index (χ4n) is 6.28. The van der Waals surface area contributed by atoms with Crippen molar-refractivity contribution >= 4 is 11.9 Å². The van der Waals surface area contributed by atoms with Crippen LogP contribution in [-0.4, -0.2) is 49.7 Å². The first-order valence-corrected chi connectivity index (χ1v) is 19.7. The Kier molecular flexibility index (Phi) is 31.6. The summed E-state index contributed by atoms with van der Waals surface area (Å²) in [5, 5.41) is 10.9. The van der Waals surface area contributed by atoms with Gasteiger partial charge in [-0.25, -0.2) is 0 Å². The number of carboxylic acid groups (broad SMARTS) is 1. The SMILES string of the molecule is CCCCCCCC/C=C\CCCCCCCC(=O)OC(CCCCCCCCCCCCCC)C[N+](C)(C)CCCC(=O)[O-]. The molecule has 0 aromatic rings. The maximum atomic E-state index is 12.8. The molecule has 0 radical (unpaired) electrons. The third-order valence-electron chi connectivity index (χ3n) is 9.16. The number of unbranched alkanes of at least 4 members (excludes halogenated alkanes) is 22. The zero-order valence-corrected chi connectivity index (χ0v) is 30.7. The van der Waals surface area contributed by atoms with Gasteiger partial charge in [0.05, 0.1) is 20.6 Å². The molecular formula is C40H77NO4. The van der Waals surface area contributed by atoms with Gasteiger partial charge in [-0.2, -0.15) is 0 Å². The highest BCUT2D eigenvalue weighted by Crippen LogP contribution is 2.17. The molecular weight excluding hydrogens is 558 g/mol. The summed E-state index contributed by atoms with van der Waals surface area (Å²) in [6.45, 7) is 6.02. The van der Waals surface area contributed by atoms with Crippen LogP contribution in [0, 0.1) is 0 Å². The van der Waals surface area contributed by atoms with E-state index in [0.29, 0.717) is 17.3 Å². The van der Waals surface area contributed by atoms with Gasteiger partial charge in [0.1, 0.15) is 6.54 Å². The number of allylic oxidation sites excluding steroid dienone is 2. The fourth-order valence-corrected chi connectivity index (χ4v) is 6.28. The lowest BCUT2D eigenvalue weighted by molar-refractivity contribution is -0.893. The number of carboxylic acids is 1. The van der Waals surface area contributed by atoms with Gasteiger partial charge in [0.15, 0.2) is 6.10 Å². The van der Waals surface area contributed by atoms with Crippen molar-refractivity contribution in [2.75, 3.05) is 27.2 Å². The van der Waals surface area contributed by atoms with Crippen LogP contribution in [0.25, 0.3) is 0 Å². The number of carbonyl (C=O) groups is 2. The van der Waals surface area contributed by atoms with Gasteiger partial charge in [-0.15, -0.1) is 0 Å². The Morgan fingerprint density at radius 1 is 0.578 bits per heavy atom. The molecule has 1 atom stereocenters. The summed E-state index contributed by atoms with van der Waals surface area (Å²) in [5.74, 6) is -1.05. The molecule has 5 nitrogen and oxygen atoms in total. The van der Waals surface area contributed by atoms with Gasteiger partial charge in [-0.1, -0.05) is 148 Å². The molecule has 0 saturated heterocycles. The molecule has 0 aliphatic heterocycles. The van der Waals surface area contributed by atoms with Crippen molar-refractivity contribution in [2.45, 2.75) is 206 Å². The lowest BCUT2D eigenvalue weighted by Crippen LogP contribution is -2.47. The van der Waals surface area contributed by atoms with Crippen molar-refractivity contribution in [3.8, 4) is 0 Å². The smallest absolute Gasteiger partial charge is 0.306 e. The summed E-state index contributed by atoms with van der Waals surface area (Å²) in [4.78, 5) is 23.7. The van der Waals surface area contributed by atoms with E-state index in [1.54, 1.807) is 0 Å². The molecule has 0 amide bonds. The Morgan fingerprint density at radius 2 is 1.00 bits per heavy atom. The number of hydrogen-bond acceptors (Lipinski definition) is 4. The van der Waals surface area contributed by atoms with E-state index in [1.807, 2.05) is 0 Å². The van der Waals surface area contributed by atoms with Gasteiger partial charge in [-0.05, 0) is 51.4 Å². The van der Waals surface area contributed by atoms with E-state index in [-0.39, 0.29) is 18.5 Å². The normalized spacial score (nSPS) is 12.6. The molecule has 0 rings (SSSR count). The lowest BCUT2D eigenvalue weighted by atomic mass is 10.0. The maximum absolute atomic E-state index is 12.8. The Labute approximate surface area is 280 Å². The molecule has 45 heavy (non-hydrogen) atoms. The topological polar surface area (TPSA) is 66.4 Å². The molecule has 0 bridgehead atoms. The second-order valence-electron chi connectivity index (χ2n) is 14.4. The Morgan fingerprint density at radius 3 is 1.47 bits per heavy atom. The lowest BCUT2D eigenvalue weighted by Gasteiger charge is -2.33. The van der Waals surface area contributed by atoms with E-state index < -0.39 is 5.97 Å². The highest BCUT2D eigenvalue weighted by atomic mass is 16.5. The number of esters is 1. The number of ether oxygens (including phenoxy) is 1. The first kappa shape index (κ1) is 43.6. The summed E-state index contributed by atoms with van der Waals surface area (Å²) >= 11 is 0. The molecule has 1 unspecified atom stereocenters. The number of carbonyl (C=O) groups excluding carboxylic acids is 2. The van der Waals surface area contributed by atoms with Gasteiger partial charge >= 0.3 is 5.97 Å². The highest BCUT2D eigenvalue weighted by molar-refractivity contribution is 5.69. The van der Waals surface area contributed by atoms with Crippen LogP contribution < -0.4 is 5.11 Å². The summed E-state index contributed by atoms with van der Waals surface area (Å²) in [6.07, 6.45) is 38.7. The largest absolute Gasteiger partial charge is 0.550 e. The van der Waals surface area contributed by atoms with Gasteiger partial charge in [0.25, 0.3) is 0 Å². The van der Waals surface area contributed by atoms with Crippen molar-refractivity contribution in [3.63, 3.8) is 0 Å². The minimum Gasteiger partial charge on any atom is -0.550 e. The summed E-state index contributed by atoms with van der Waals surface area (Å²) in [5.41, 5.74) is 0. The standard InChI is InChI=1S/C40H77NO4/c1-5-7-9-11-13-15-17-19-20-21-23-25-27-29-31-35-40(44)45-38(37-41(3,4)36-32-34-39(42)43)33-30-28-26-24-22-18-16-14-12-10-8-6-2/h19-20,38H,5-18,21-37H2,1-4H3/b20-19-. The average molecular weight is 636 g/mol. The van der Waals surface area contributed by atoms with Crippen LogP contribution in [0.15, 0.2) is 12.2 Å². The quantitative estimate of drug-likeness (QED) is 0.0301. The van der Waals surface area contributed by atoms with E-state index in [9.17, 15) is 14.7 Å². The second-order valence-corrected chi connectivity index (χ2v) is 14.4. The van der Waals surface area contributed by atoms with E-state index in [4.69, 9.17) is 4.74 Å². The van der Waals surface area contributed by atoms with Crippen LogP contribution in [0.5, 0.6) is 0 Å². The molecule has 0 spiro atoms. The summed E-state index contributed by atoms with van der Waals surface area (Å²) in [7, 11) is 4.23. The zero-order chi connectivity index (χ0) is 33.3. The minimum absolute atomic E-state index is 0.0636. The molecule has 0 aromatic heterocycles. The van der Waals surface area contributed by atoms with Crippen LogP contribution in [0.3, 0.4) is 0 Å². The van der Waals surface area contributed by atoms with Crippen LogP contribution in [0.1, 0.15) is 200 Å². The van der Waals surface area contributed by atoms with Crippen molar-refractivity contribution in [1.82, 2.24) is 0 Å². The van der Waals surface area contributed by atoms with Crippen molar-refractivity contribution in [2.24, 2.45) is 0 Å². The van der Waals surface area contributed by atoms with Gasteiger partial charge in [0.2, 0.25) is 0 Å². The number of aliphatic carboxylic acids is 1. The van der Waals surface area contributed by atoms with Crippen LogP contribution in [0.4, 0.5) is 0 Å². The predicted molar refractivity (Wildman–Crippen MR) is 191 cm³/mol. The number of hydrogen-bond donors (Lipinski definition) is 0. The predicted octanol–water partition coefficient (Wildman–Crippen LogP) is 10.6.